The molecule has 1 aromatic rings. The third-order valence-electron chi connectivity index (χ3n) is 2.53. The lowest BCUT2D eigenvalue weighted by molar-refractivity contribution is -0.140. The minimum Gasteiger partial charge on any atom is -0.457 e. The lowest BCUT2D eigenvalue weighted by Gasteiger charge is -2.06. The molecule has 0 N–H and O–H groups in total. The molecule has 2 nitrogen and oxygen atoms in total. The maximum Gasteiger partial charge on any atom is 0.333 e. The Morgan fingerprint density at radius 1 is 1.35 bits per heavy atom. The number of unbranched alkanes of at least 4 members (excludes halogenated alkanes) is 1. The van der Waals surface area contributed by atoms with Gasteiger partial charge in [0.2, 0.25) is 0 Å². The molecule has 0 aliphatic carbocycles. The number of hydrogen-bond donors (Lipinski definition) is 0. The van der Waals surface area contributed by atoms with Crippen LogP contribution in [-0.2, 0) is 22.6 Å². The first-order valence-electron chi connectivity index (χ1n) is 6.04. The molecule has 0 radical (unpaired) electrons. The summed E-state index contributed by atoms with van der Waals surface area (Å²) < 4.78 is 5.11. The number of carbonyl (C=O) groups is 1. The quantitative estimate of drug-likeness (QED) is 0.553. The Hall–Kier alpha value is -1.57. The van der Waals surface area contributed by atoms with Gasteiger partial charge in [-0.15, -0.1) is 0 Å². The number of rotatable bonds is 6. The van der Waals surface area contributed by atoms with Gasteiger partial charge in [-0.05, 0) is 30.9 Å². The van der Waals surface area contributed by atoms with Gasteiger partial charge < -0.3 is 4.74 Å². The van der Waals surface area contributed by atoms with E-state index in [0.29, 0.717) is 12.2 Å². The zero-order valence-electron chi connectivity index (χ0n) is 10.7. The highest BCUT2D eigenvalue weighted by atomic mass is 16.5. The Morgan fingerprint density at radius 3 is 2.71 bits per heavy atom. The Balaban J connectivity index is 2.53. The largest absolute Gasteiger partial charge is 0.457 e. The molecular formula is C15H20O2. The molecule has 0 unspecified atom stereocenters. The normalized spacial score (nSPS) is 10.0. The maximum atomic E-state index is 11.3. The van der Waals surface area contributed by atoms with E-state index in [2.05, 4.69) is 25.6 Å². The molecule has 0 amide bonds. The fraction of sp³-hybridized carbons (Fsp3) is 0.400. The van der Waals surface area contributed by atoms with E-state index in [0.717, 1.165) is 12.0 Å². The van der Waals surface area contributed by atoms with E-state index < -0.39 is 0 Å². The van der Waals surface area contributed by atoms with Gasteiger partial charge in [0.1, 0.15) is 6.61 Å². The molecule has 0 spiro atoms. The van der Waals surface area contributed by atoms with E-state index in [9.17, 15) is 4.79 Å². The molecule has 92 valence electrons. The zero-order chi connectivity index (χ0) is 12.7. The smallest absolute Gasteiger partial charge is 0.333 e. The van der Waals surface area contributed by atoms with Crippen LogP contribution in [0.4, 0.5) is 0 Å². The summed E-state index contributed by atoms with van der Waals surface area (Å²) in [4.78, 5) is 11.3. The van der Waals surface area contributed by atoms with Crippen molar-refractivity contribution in [2.75, 3.05) is 0 Å². The van der Waals surface area contributed by atoms with Crippen LogP contribution < -0.4 is 0 Å². The molecule has 0 saturated carbocycles. The third-order valence-corrected chi connectivity index (χ3v) is 2.53. The van der Waals surface area contributed by atoms with Gasteiger partial charge in [-0.1, -0.05) is 44.2 Å². The SMILES string of the molecule is C=C(C)C(=O)OCc1cccc(CCCC)c1. The van der Waals surface area contributed by atoms with Gasteiger partial charge in [-0.2, -0.15) is 0 Å². The fourth-order valence-corrected chi connectivity index (χ4v) is 1.53. The van der Waals surface area contributed by atoms with Gasteiger partial charge in [-0.25, -0.2) is 4.79 Å². The first-order chi connectivity index (χ1) is 8.13. The summed E-state index contributed by atoms with van der Waals surface area (Å²) in [5, 5.41) is 0. The molecule has 0 aliphatic heterocycles. The van der Waals surface area contributed by atoms with E-state index in [4.69, 9.17) is 4.74 Å². The van der Waals surface area contributed by atoms with Gasteiger partial charge in [0.05, 0.1) is 0 Å². The van der Waals surface area contributed by atoms with E-state index >= 15 is 0 Å². The first kappa shape index (κ1) is 13.5. The topological polar surface area (TPSA) is 26.3 Å². The van der Waals surface area contributed by atoms with Crippen molar-refractivity contribution in [1.29, 1.82) is 0 Å². The minimum absolute atomic E-state index is 0.325. The predicted molar refractivity (Wildman–Crippen MR) is 69.7 cm³/mol. The van der Waals surface area contributed by atoms with Crippen molar-refractivity contribution in [1.82, 2.24) is 0 Å². The van der Waals surface area contributed by atoms with Crippen molar-refractivity contribution in [2.45, 2.75) is 39.7 Å². The Kier molecular flexibility index (Phi) is 5.47. The number of ether oxygens (including phenoxy) is 1. The summed E-state index contributed by atoms with van der Waals surface area (Å²) in [6.45, 7) is 7.71. The van der Waals surface area contributed by atoms with Crippen LogP contribution in [0.2, 0.25) is 0 Å². The van der Waals surface area contributed by atoms with E-state index in [-0.39, 0.29) is 5.97 Å². The lowest BCUT2D eigenvalue weighted by Crippen LogP contribution is -2.05. The molecule has 0 aliphatic rings. The van der Waals surface area contributed by atoms with Gasteiger partial charge in [0.25, 0.3) is 0 Å². The van der Waals surface area contributed by atoms with Crippen molar-refractivity contribution in [2.24, 2.45) is 0 Å². The monoisotopic (exact) mass is 232 g/mol. The number of aryl methyl sites for hydroxylation is 1. The molecule has 0 aromatic heterocycles. The summed E-state index contributed by atoms with van der Waals surface area (Å²) >= 11 is 0. The molecule has 0 heterocycles. The van der Waals surface area contributed by atoms with Crippen molar-refractivity contribution in [3.63, 3.8) is 0 Å². The lowest BCUT2D eigenvalue weighted by atomic mass is 10.1. The summed E-state index contributed by atoms with van der Waals surface area (Å²) in [6.07, 6.45) is 3.46. The third kappa shape index (κ3) is 4.85. The number of hydrogen-bond acceptors (Lipinski definition) is 2. The molecular weight excluding hydrogens is 212 g/mol. The molecule has 0 bridgehead atoms. The Bertz CT molecular complexity index is 394. The van der Waals surface area contributed by atoms with Crippen LogP contribution in [0.15, 0.2) is 36.4 Å². The van der Waals surface area contributed by atoms with Crippen LogP contribution in [0.25, 0.3) is 0 Å². The van der Waals surface area contributed by atoms with Gasteiger partial charge >= 0.3 is 5.97 Å². The standard InChI is InChI=1S/C15H20O2/c1-4-5-7-13-8-6-9-14(10-13)11-17-15(16)12(2)3/h6,8-10H,2,4-5,7,11H2,1,3H3. The summed E-state index contributed by atoms with van der Waals surface area (Å²) in [5.74, 6) is -0.330. The molecule has 1 aromatic carbocycles. The van der Waals surface area contributed by atoms with Crippen LogP contribution >= 0.6 is 0 Å². The van der Waals surface area contributed by atoms with Crippen molar-refractivity contribution < 1.29 is 9.53 Å². The highest BCUT2D eigenvalue weighted by Crippen LogP contribution is 2.10. The molecule has 0 fully saturated rings. The van der Waals surface area contributed by atoms with Crippen LogP contribution in [0.1, 0.15) is 37.8 Å². The van der Waals surface area contributed by atoms with E-state index in [1.807, 2.05) is 12.1 Å². The van der Waals surface area contributed by atoms with Crippen molar-refractivity contribution in [3.05, 3.63) is 47.5 Å². The Morgan fingerprint density at radius 2 is 2.06 bits per heavy atom. The van der Waals surface area contributed by atoms with Crippen molar-refractivity contribution in [3.8, 4) is 0 Å². The maximum absolute atomic E-state index is 11.3. The number of carbonyl (C=O) groups excluding carboxylic acids is 1. The predicted octanol–water partition coefficient (Wildman–Crippen LogP) is 3.65. The average Bonchev–Trinajstić information content (AvgIpc) is 2.33. The minimum atomic E-state index is -0.330. The molecule has 0 atom stereocenters. The van der Waals surface area contributed by atoms with Crippen LogP contribution in [0.3, 0.4) is 0 Å². The second kappa shape index (κ2) is 6.89. The highest BCUT2D eigenvalue weighted by Gasteiger charge is 2.03. The van der Waals surface area contributed by atoms with Gasteiger partial charge in [-0.3, -0.25) is 0 Å². The molecule has 0 saturated heterocycles. The molecule has 2 heteroatoms. The van der Waals surface area contributed by atoms with Crippen LogP contribution in [0.5, 0.6) is 0 Å². The van der Waals surface area contributed by atoms with Gasteiger partial charge in [0.15, 0.2) is 0 Å². The second-order valence-electron chi connectivity index (χ2n) is 4.28. The van der Waals surface area contributed by atoms with Crippen LogP contribution in [0, 0.1) is 0 Å². The Labute approximate surface area is 103 Å². The van der Waals surface area contributed by atoms with Crippen LogP contribution in [-0.4, -0.2) is 5.97 Å². The highest BCUT2D eigenvalue weighted by molar-refractivity contribution is 5.86. The number of esters is 1. The van der Waals surface area contributed by atoms with Gasteiger partial charge in [0, 0.05) is 5.57 Å². The number of benzene rings is 1. The van der Waals surface area contributed by atoms with E-state index in [1.54, 1.807) is 6.92 Å². The first-order valence-corrected chi connectivity index (χ1v) is 6.04. The van der Waals surface area contributed by atoms with E-state index in [1.165, 1.54) is 18.4 Å². The average molecular weight is 232 g/mol. The molecule has 17 heavy (non-hydrogen) atoms. The summed E-state index contributed by atoms with van der Waals surface area (Å²) in [5.41, 5.74) is 2.77. The fourth-order valence-electron chi connectivity index (χ4n) is 1.53. The summed E-state index contributed by atoms with van der Waals surface area (Å²) in [7, 11) is 0. The zero-order valence-corrected chi connectivity index (χ0v) is 10.7. The summed E-state index contributed by atoms with van der Waals surface area (Å²) in [6, 6.07) is 8.19. The molecule has 1 rings (SSSR count). The second-order valence-corrected chi connectivity index (χ2v) is 4.28. The van der Waals surface area contributed by atoms with Crippen molar-refractivity contribution >= 4 is 5.97 Å².